The lowest BCUT2D eigenvalue weighted by Gasteiger charge is -2.34. The Hall–Kier alpha value is -4.78. The first kappa shape index (κ1) is 24.9. The molecule has 4 aromatic rings. The Kier molecular flexibility index (Phi) is 7.26. The molecule has 7 nitrogen and oxygen atoms in total. The van der Waals surface area contributed by atoms with Crippen LogP contribution in [0.4, 0.5) is 0 Å². The summed E-state index contributed by atoms with van der Waals surface area (Å²) in [5.74, 6) is 1.29. The predicted octanol–water partition coefficient (Wildman–Crippen LogP) is 6.32. The van der Waals surface area contributed by atoms with Crippen LogP contribution in [-0.4, -0.2) is 34.5 Å². The van der Waals surface area contributed by atoms with Crippen molar-refractivity contribution in [2.45, 2.75) is 25.9 Å². The van der Waals surface area contributed by atoms with Crippen LogP contribution >= 0.6 is 0 Å². The van der Waals surface area contributed by atoms with Gasteiger partial charge in [-0.1, -0.05) is 48.5 Å². The molecule has 1 amide bonds. The maximum Gasteiger partial charge on any atom is 0.326 e. The van der Waals surface area contributed by atoms with Crippen molar-refractivity contribution in [3.05, 3.63) is 114 Å². The molecule has 0 bridgehead atoms. The Morgan fingerprint density at radius 1 is 0.789 bits per heavy atom. The van der Waals surface area contributed by atoms with E-state index in [1.165, 1.54) is 4.90 Å². The average Bonchev–Trinajstić information content (AvgIpc) is 2.94. The zero-order valence-corrected chi connectivity index (χ0v) is 20.9. The number of hydrogen-bond donors (Lipinski definition) is 1. The van der Waals surface area contributed by atoms with Crippen molar-refractivity contribution in [2.75, 3.05) is 6.61 Å². The summed E-state index contributed by atoms with van der Waals surface area (Å²) in [5, 5.41) is 9.83. The van der Waals surface area contributed by atoms with E-state index in [9.17, 15) is 14.7 Å². The number of amides is 1. The van der Waals surface area contributed by atoms with Crippen molar-refractivity contribution in [1.29, 1.82) is 0 Å². The van der Waals surface area contributed by atoms with Crippen LogP contribution in [0.5, 0.6) is 28.7 Å². The second-order valence-electron chi connectivity index (χ2n) is 8.85. The molecule has 1 unspecified atom stereocenters. The fourth-order valence-electron chi connectivity index (χ4n) is 4.47. The van der Waals surface area contributed by atoms with Crippen molar-refractivity contribution in [3.63, 3.8) is 0 Å². The van der Waals surface area contributed by atoms with E-state index in [0.29, 0.717) is 40.9 Å². The van der Waals surface area contributed by atoms with E-state index in [-0.39, 0.29) is 18.9 Å². The monoisotopic (exact) mass is 509 g/mol. The first-order chi connectivity index (χ1) is 18.5. The lowest BCUT2D eigenvalue weighted by molar-refractivity contribution is -0.142. The molecule has 0 saturated heterocycles. The van der Waals surface area contributed by atoms with Crippen molar-refractivity contribution in [1.82, 2.24) is 4.90 Å². The summed E-state index contributed by atoms with van der Waals surface area (Å²) >= 11 is 0. The van der Waals surface area contributed by atoms with Crippen LogP contribution in [0.3, 0.4) is 0 Å². The number of carboxylic acids is 1. The number of aliphatic carboxylic acids is 1. The van der Waals surface area contributed by atoms with E-state index in [1.807, 2.05) is 61.5 Å². The molecular weight excluding hydrogens is 482 g/mol. The number of carbonyl (C=O) groups excluding carboxylic acids is 1. The van der Waals surface area contributed by atoms with Crippen molar-refractivity contribution < 1.29 is 28.9 Å². The molecule has 0 saturated carbocycles. The first-order valence-electron chi connectivity index (χ1n) is 12.4. The number of ether oxygens (including phenoxy) is 3. The van der Waals surface area contributed by atoms with Gasteiger partial charge in [0, 0.05) is 24.6 Å². The molecule has 0 aromatic heterocycles. The van der Waals surface area contributed by atoms with Crippen LogP contribution < -0.4 is 14.2 Å². The highest BCUT2D eigenvalue weighted by Gasteiger charge is 2.35. The minimum absolute atomic E-state index is 0.232. The maximum absolute atomic E-state index is 13.5. The normalized spacial score (nSPS) is 14.3. The Morgan fingerprint density at radius 3 is 2.26 bits per heavy atom. The van der Waals surface area contributed by atoms with E-state index < -0.39 is 12.0 Å². The van der Waals surface area contributed by atoms with E-state index in [4.69, 9.17) is 14.2 Å². The molecule has 1 aliphatic rings. The van der Waals surface area contributed by atoms with Gasteiger partial charge < -0.3 is 24.2 Å². The molecule has 1 N–H and O–H groups in total. The van der Waals surface area contributed by atoms with Crippen LogP contribution in [0.25, 0.3) is 0 Å². The van der Waals surface area contributed by atoms with Gasteiger partial charge in [-0.15, -0.1) is 0 Å². The van der Waals surface area contributed by atoms with Crippen LogP contribution in [0.15, 0.2) is 97.1 Å². The quantitative estimate of drug-likeness (QED) is 0.299. The summed E-state index contributed by atoms with van der Waals surface area (Å²) in [7, 11) is 0. The second-order valence-corrected chi connectivity index (χ2v) is 8.85. The van der Waals surface area contributed by atoms with Gasteiger partial charge in [-0.05, 0) is 60.5 Å². The van der Waals surface area contributed by atoms with E-state index in [1.54, 1.807) is 42.5 Å². The summed E-state index contributed by atoms with van der Waals surface area (Å²) in [4.78, 5) is 26.9. The molecule has 0 fully saturated rings. The summed E-state index contributed by atoms with van der Waals surface area (Å²) in [6.07, 6.45) is 0.268. The van der Waals surface area contributed by atoms with Gasteiger partial charge in [-0.25, -0.2) is 4.79 Å². The van der Waals surface area contributed by atoms with Gasteiger partial charge in [0.05, 0.1) is 6.61 Å². The van der Waals surface area contributed by atoms with Gasteiger partial charge in [0.25, 0.3) is 5.91 Å². The number of carboxylic acid groups (broad SMARTS) is 1. The number of para-hydroxylation sites is 1. The molecule has 192 valence electrons. The zero-order chi connectivity index (χ0) is 26.5. The molecular formula is C31H27NO6. The number of rotatable bonds is 8. The number of benzene rings is 4. The molecule has 1 aliphatic heterocycles. The third kappa shape index (κ3) is 5.47. The Labute approximate surface area is 220 Å². The van der Waals surface area contributed by atoms with Crippen LogP contribution in [0, 0.1) is 0 Å². The number of carbonyl (C=O) groups is 2. The number of fused-ring (bicyclic) bond motifs is 1. The van der Waals surface area contributed by atoms with E-state index >= 15 is 0 Å². The van der Waals surface area contributed by atoms with Gasteiger partial charge in [0.1, 0.15) is 23.3 Å². The van der Waals surface area contributed by atoms with Crippen molar-refractivity contribution >= 4 is 11.9 Å². The lowest BCUT2D eigenvalue weighted by Crippen LogP contribution is -2.48. The highest BCUT2D eigenvalue weighted by Crippen LogP contribution is 2.37. The summed E-state index contributed by atoms with van der Waals surface area (Å²) in [6, 6.07) is 28.1. The minimum atomic E-state index is -1.03. The lowest BCUT2D eigenvalue weighted by atomic mass is 9.93. The third-order valence-corrected chi connectivity index (χ3v) is 6.30. The van der Waals surface area contributed by atoms with Crippen LogP contribution in [0.1, 0.15) is 28.4 Å². The maximum atomic E-state index is 13.5. The Balaban J connectivity index is 1.38. The fraction of sp³-hybridized carbons (Fsp3) is 0.161. The highest BCUT2D eigenvalue weighted by molar-refractivity contribution is 5.97. The molecule has 38 heavy (non-hydrogen) atoms. The van der Waals surface area contributed by atoms with Crippen molar-refractivity contribution in [2.24, 2.45) is 0 Å². The number of nitrogens with zero attached hydrogens (tertiary/aromatic N) is 1. The van der Waals surface area contributed by atoms with Crippen LogP contribution in [-0.2, 0) is 17.8 Å². The zero-order valence-electron chi connectivity index (χ0n) is 20.9. The molecule has 0 radical (unpaired) electrons. The van der Waals surface area contributed by atoms with Gasteiger partial charge in [0.2, 0.25) is 0 Å². The van der Waals surface area contributed by atoms with E-state index in [2.05, 4.69) is 0 Å². The first-order valence-corrected chi connectivity index (χ1v) is 12.4. The molecule has 7 heteroatoms. The standard InChI is InChI=1S/C31H27NO6/c1-2-36-28-16-15-26(19-29(28)38-24-12-4-3-5-13-24)37-25-14-8-11-22(17-25)30(33)32-20-23-10-7-6-9-21(23)18-27(32)31(34)35/h3-17,19,27H,2,18,20H2,1H3,(H,34,35). The minimum Gasteiger partial charge on any atom is -0.490 e. The Bertz CT molecular complexity index is 1450. The SMILES string of the molecule is CCOc1ccc(Oc2cccc(C(=O)N3Cc4ccccc4CC3C(=O)O)c2)cc1Oc1ccccc1. The molecule has 4 aromatic carbocycles. The van der Waals surface area contributed by atoms with Gasteiger partial charge in [0.15, 0.2) is 11.5 Å². The van der Waals surface area contributed by atoms with Crippen molar-refractivity contribution in [3.8, 4) is 28.7 Å². The second kappa shape index (κ2) is 11.1. The predicted molar refractivity (Wildman–Crippen MR) is 142 cm³/mol. The molecule has 1 heterocycles. The summed E-state index contributed by atoms with van der Waals surface area (Å²) in [6.45, 7) is 2.61. The Morgan fingerprint density at radius 2 is 1.50 bits per heavy atom. The molecule has 0 spiro atoms. The topological polar surface area (TPSA) is 85.3 Å². The summed E-state index contributed by atoms with van der Waals surface area (Å²) in [5.41, 5.74) is 2.25. The largest absolute Gasteiger partial charge is 0.490 e. The number of hydrogen-bond acceptors (Lipinski definition) is 5. The van der Waals surface area contributed by atoms with Gasteiger partial charge in [-0.3, -0.25) is 4.79 Å². The smallest absolute Gasteiger partial charge is 0.326 e. The van der Waals surface area contributed by atoms with E-state index in [0.717, 1.165) is 11.1 Å². The molecule has 5 rings (SSSR count). The highest BCUT2D eigenvalue weighted by atomic mass is 16.5. The average molecular weight is 510 g/mol. The summed E-state index contributed by atoms with van der Waals surface area (Å²) < 4.78 is 17.8. The van der Waals surface area contributed by atoms with Crippen LogP contribution in [0.2, 0.25) is 0 Å². The molecule has 0 aliphatic carbocycles. The molecule has 1 atom stereocenters. The van der Waals surface area contributed by atoms with Gasteiger partial charge >= 0.3 is 5.97 Å². The third-order valence-electron chi connectivity index (χ3n) is 6.30. The fourth-order valence-corrected chi connectivity index (χ4v) is 4.47. The van der Waals surface area contributed by atoms with Gasteiger partial charge in [-0.2, -0.15) is 0 Å².